The fourth-order valence-electron chi connectivity index (χ4n) is 9.65. The third-order valence-corrected chi connectivity index (χ3v) is 13.8. The lowest BCUT2D eigenvalue weighted by Crippen LogP contribution is -2.56. The van der Waals surface area contributed by atoms with Crippen LogP contribution in [0.25, 0.3) is 0 Å². The zero-order valence-corrected chi connectivity index (χ0v) is 42.1. The number of nitrogens with one attached hydrogen (secondary N) is 1. The van der Waals surface area contributed by atoms with Crippen molar-refractivity contribution in [3.8, 4) is 0 Å². The molecule has 2 fully saturated rings. The van der Waals surface area contributed by atoms with E-state index in [1.165, 1.54) is 24.2 Å². The highest BCUT2D eigenvalue weighted by atomic mass is 16.5. The van der Waals surface area contributed by atoms with E-state index < -0.39 is 54.2 Å². The molecule has 3 heterocycles. The van der Waals surface area contributed by atoms with Crippen molar-refractivity contribution in [1.82, 2.24) is 34.7 Å². The highest BCUT2D eigenvalue weighted by molar-refractivity contribution is 6.12. The second kappa shape index (κ2) is 26.4. The summed E-state index contributed by atoms with van der Waals surface area (Å²) in [4.78, 5) is 107. The molecule has 1 aromatic rings. The lowest BCUT2D eigenvalue weighted by atomic mass is 9.89. The number of likely N-dealkylation sites (N-methyl/N-ethyl adjacent to an activating group) is 1. The number of likely N-dealkylation sites (tertiary alicyclic amines) is 1. The molecule has 18 heteroatoms. The Morgan fingerprint density at radius 2 is 1.49 bits per heavy atom. The molecule has 6 amide bonds. The van der Waals surface area contributed by atoms with Gasteiger partial charge in [0.2, 0.25) is 23.6 Å². The van der Waals surface area contributed by atoms with Crippen molar-refractivity contribution in [2.24, 2.45) is 22.7 Å². The summed E-state index contributed by atoms with van der Waals surface area (Å²) in [6.07, 6.45) is 5.69. The van der Waals surface area contributed by atoms with Crippen molar-refractivity contribution >= 4 is 47.4 Å². The zero-order chi connectivity index (χ0) is 50.2. The largest absolute Gasteiger partial charge is 0.480 e. The zero-order valence-electron chi connectivity index (χ0n) is 42.1. The first-order valence-corrected chi connectivity index (χ1v) is 24.3. The summed E-state index contributed by atoms with van der Waals surface area (Å²) in [6.45, 7) is 12.6. The number of hydrogen-bond acceptors (Lipinski definition) is 10. The lowest BCUT2D eigenvalue weighted by Gasteiger charge is -2.41. The highest BCUT2D eigenvalue weighted by Gasteiger charge is 2.43. The monoisotopic (exact) mass is 951 g/mol. The molecule has 68 heavy (non-hydrogen) atoms. The van der Waals surface area contributed by atoms with Crippen molar-refractivity contribution in [2.45, 2.75) is 129 Å². The van der Waals surface area contributed by atoms with Gasteiger partial charge in [-0.25, -0.2) is 9.79 Å². The summed E-state index contributed by atoms with van der Waals surface area (Å²) in [5.41, 5.74) is 0.778. The molecule has 1 aromatic carbocycles. The van der Waals surface area contributed by atoms with E-state index in [0.29, 0.717) is 83.8 Å². The quantitative estimate of drug-likeness (QED) is 0.0664. The number of benzene rings is 1. The number of aliphatic imine (C=N–C) groups is 1. The van der Waals surface area contributed by atoms with E-state index in [1.807, 2.05) is 81.9 Å². The number of ether oxygens (including phenoxy) is 2. The molecule has 0 spiro atoms. The van der Waals surface area contributed by atoms with Gasteiger partial charge in [0.15, 0.2) is 5.96 Å². The van der Waals surface area contributed by atoms with Gasteiger partial charge in [-0.3, -0.25) is 33.7 Å². The van der Waals surface area contributed by atoms with Gasteiger partial charge in [0, 0.05) is 99.6 Å². The van der Waals surface area contributed by atoms with Gasteiger partial charge in [0.05, 0.1) is 36.6 Å². The van der Waals surface area contributed by atoms with Gasteiger partial charge in [0.25, 0.3) is 11.8 Å². The molecule has 3 aliphatic heterocycles. The van der Waals surface area contributed by atoms with Crippen LogP contribution in [0.15, 0.2) is 47.5 Å². The first-order chi connectivity index (χ1) is 32.3. The molecule has 4 rings (SSSR count). The summed E-state index contributed by atoms with van der Waals surface area (Å²) in [7, 11) is 8.59. The molecule has 0 bridgehead atoms. The number of hydrogen-bond donors (Lipinski definition) is 2. The minimum atomic E-state index is -1.15. The summed E-state index contributed by atoms with van der Waals surface area (Å²) in [6, 6.07) is 6.27. The number of methoxy groups -OCH3 is 2. The van der Waals surface area contributed by atoms with Crippen molar-refractivity contribution in [3.05, 3.63) is 48.0 Å². The van der Waals surface area contributed by atoms with Gasteiger partial charge in [-0.15, -0.1) is 0 Å². The summed E-state index contributed by atoms with van der Waals surface area (Å²) < 4.78 is 12.0. The molecule has 3 aliphatic rings. The van der Waals surface area contributed by atoms with E-state index in [1.54, 1.807) is 30.9 Å². The fourth-order valence-corrected chi connectivity index (χ4v) is 9.65. The predicted octanol–water partition coefficient (Wildman–Crippen LogP) is 3.29. The minimum absolute atomic E-state index is 0.0192. The Balaban J connectivity index is 1.41. The van der Waals surface area contributed by atoms with Crippen LogP contribution in [0.3, 0.4) is 0 Å². The number of piperazine rings is 1. The molecular formula is C50H78N8O10. The number of unbranched alkanes of at least 4 members (excludes halogenated alkanes) is 2. The Morgan fingerprint density at radius 1 is 0.853 bits per heavy atom. The summed E-state index contributed by atoms with van der Waals surface area (Å²) in [5.74, 6) is -2.91. The maximum atomic E-state index is 14.7. The topological polar surface area (TPSA) is 202 Å². The Hall–Kier alpha value is -5.36. The number of rotatable bonds is 24. The SMILES string of the molecule is CC[C@H](C)[C@@H]([C@@H](CC(=O)N1CCC[C@H]1[C@H](OC)[C@@H](C)C(=O)N[C@@H](Cc1ccccc1)C(=O)O)OC)N(C)C(=O)[C@@H](N=C(N(C)C)N1CCN(C(=O)CCCCCN2C(=O)C=CC2=O)CC1)C(C)C. The maximum Gasteiger partial charge on any atom is 0.326 e. The van der Waals surface area contributed by atoms with E-state index in [9.17, 15) is 38.7 Å². The van der Waals surface area contributed by atoms with E-state index in [4.69, 9.17) is 14.5 Å². The van der Waals surface area contributed by atoms with Gasteiger partial charge in [-0.1, -0.05) is 77.8 Å². The molecule has 0 aliphatic carbocycles. The van der Waals surface area contributed by atoms with Crippen LogP contribution in [0.1, 0.15) is 91.5 Å². The van der Waals surface area contributed by atoms with Crippen molar-refractivity contribution in [1.29, 1.82) is 0 Å². The number of carboxylic acid groups (broad SMARTS) is 1. The van der Waals surface area contributed by atoms with Crippen LogP contribution >= 0.6 is 0 Å². The van der Waals surface area contributed by atoms with Crippen LogP contribution in [0.2, 0.25) is 0 Å². The van der Waals surface area contributed by atoms with E-state index in [2.05, 4.69) is 10.2 Å². The first-order valence-electron chi connectivity index (χ1n) is 24.3. The molecule has 2 N–H and O–H groups in total. The lowest BCUT2D eigenvalue weighted by molar-refractivity contribution is -0.147. The van der Waals surface area contributed by atoms with E-state index in [0.717, 1.165) is 12.0 Å². The van der Waals surface area contributed by atoms with Gasteiger partial charge in [-0.05, 0) is 43.1 Å². The molecule has 0 saturated carbocycles. The maximum absolute atomic E-state index is 14.7. The van der Waals surface area contributed by atoms with Crippen LogP contribution in [0.4, 0.5) is 0 Å². The summed E-state index contributed by atoms with van der Waals surface area (Å²) in [5, 5.41) is 12.7. The molecule has 2 saturated heterocycles. The Labute approximate surface area is 403 Å². The molecule has 0 radical (unpaired) electrons. The molecular weight excluding hydrogens is 873 g/mol. The first kappa shape index (κ1) is 55.2. The fraction of sp³-hybridized carbons (Fsp3) is 0.680. The predicted molar refractivity (Wildman–Crippen MR) is 258 cm³/mol. The Morgan fingerprint density at radius 3 is 2.04 bits per heavy atom. The average Bonchev–Trinajstić information content (AvgIpc) is 3.93. The standard InChI is InChI=1S/C50H78N8O10/c1-11-34(4)45(39(67-9)32-43(62)57-26-18-21-38(57)46(68-10)35(5)47(63)51-37(49(65)66)31-36-19-14-12-15-20-36)54(8)48(64)44(33(2)3)52-50(53(6)7)56-29-27-55(28-30-56)40(59)22-16-13-17-25-58-41(60)23-24-42(58)61/h12,14-15,19-20,23-24,33-35,37-39,44-46H,11,13,16-18,21-22,25-32H2,1-10H3,(H,51,63)(H,65,66)/t34-,35+,37-,38-,39+,44-,45-,46+/m0/s1. The van der Waals surface area contributed by atoms with E-state index >= 15 is 0 Å². The number of imide groups is 1. The Bertz CT molecular complexity index is 1920. The smallest absolute Gasteiger partial charge is 0.326 e. The normalized spacial score (nSPS) is 19.7. The average molecular weight is 951 g/mol. The highest BCUT2D eigenvalue weighted by Crippen LogP contribution is 2.30. The number of guanidine groups is 1. The number of carbonyl (C=O) groups excluding carboxylic acids is 6. The molecule has 378 valence electrons. The van der Waals surface area contributed by atoms with Crippen LogP contribution in [0.5, 0.6) is 0 Å². The number of amides is 6. The second-order valence-electron chi connectivity index (χ2n) is 19.0. The van der Waals surface area contributed by atoms with Crippen LogP contribution in [0, 0.1) is 17.8 Å². The Kier molecular flexibility index (Phi) is 21.5. The summed E-state index contributed by atoms with van der Waals surface area (Å²) >= 11 is 0. The molecule has 8 atom stereocenters. The van der Waals surface area contributed by atoms with Crippen molar-refractivity contribution in [3.63, 3.8) is 0 Å². The van der Waals surface area contributed by atoms with Crippen LogP contribution in [-0.2, 0) is 49.5 Å². The van der Waals surface area contributed by atoms with Crippen molar-refractivity contribution < 1.29 is 48.1 Å². The number of nitrogens with zero attached hydrogens (tertiary/aromatic N) is 7. The number of aliphatic carboxylic acids is 1. The second-order valence-corrected chi connectivity index (χ2v) is 19.0. The number of carboxylic acids is 1. The van der Waals surface area contributed by atoms with Crippen molar-refractivity contribution in [2.75, 3.05) is 74.6 Å². The van der Waals surface area contributed by atoms with Gasteiger partial charge < -0.3 is 44.4 Å². The third kappa shape index (κ3) is 14.6. The van der Waals surface area contributed by atoms with E-state index in [-0.39, 0.29) is 54.2 Å². The van der Waals surface area contributed by atoms with Crippen LogP contribution < -0.4 is 5.32 Å². The van der Waals surface area contributed by atoms with Gasteiger partial charge in [-0.2, -0.15) is 0 Å². The minimum Gasteiger partial charge on any atom is -0.480 e. The van der Waals surface area contributed by atoms with Crippen LogP contribution in [-0.4, -0.2) is 193 Å². The molecule has 0 unspecified atom stereocenters. The molecule has 0 aromatic heterocycles. The third-order valence-electron chi connectivity index (χ3n) is 13.8. The molecule has 18 nitrogen and oxygen atoms in total. The number of carbonyl (C=O) groups is 7. The van der Waals surface area contributed by atoms with Gasteiger partial charge in [0.1, 0.15) is 12.1 Å². The van der Waals surface area contributed by atoms with Gasteiger partial charge >= 0.3 is 5.97 Å².